The average Bonchev–Trinajstić information content (AvgIpc) is 1.80. The predicted octanol–water partition coefficient (Wildman–Crippen LogP) is 2.56. The first kappa shape index (κ1) is 12.3. The summed E-state index contributed by atoms with van der Waals surface area (Å²) in [7, 11) is 0. The van der Waals surface area contributed by atoms with Crippen molar-refractivity contribution in [3.05, 3.63) is 0 Å². The molecular formula is C10H21NO2. The number of amides is 1. The van der Waals surface area contributed by atoms with E-state index >= 15 is 0 Å². The Morgan fingerprint density at radius 2 is 1.77 bits per heavy atom. The SMILES string of the molecule is CC(C)C[C@@H](C)NC(=O)OC(C)C. The van der Waals surface area contributed by atoms with Crippen molar-refractivity contribution in [1.82, 2.24) is 5.32 Å². The fraction of sp³-hybridized carbons (Fsp3) is 0.900. The fourth-order valence-electron chi connectivity index (χ4n) is 1.22. The summed E-state index contributed by atoms with van der Waals surface area (Å²) in [6.07, 6.45) is 0.613. The molecule has 0 aliphatic rings. The van der Waals surface area contributed by atoms with Gasteiger partial charge in [-0.1, -0.05) is 13.8 Å². The maximum Gasteiger partial charge on any atom is 0.407 e. The number of hydrogen-bond acceptors (Lipinski definition) is 2. The first-order valence-electron chi connectivity index (χ1n) is 4.89. The Labute approximate surface area is 80.8 Å². The van der Waals surface area contributed by atoms with E-state index in [0.29, 0.717) is 5.92 Å². The van der Waals surface area contributed by atoms with Crippen molar-refractivity contribution < 1.29 is 9.53 Å². The van der Waals surface area contributed by atoms with E-state index < -0.39 is 0 Å². The Balaban J connectivity index is 3.65. The molecule has 1 atom stereocenters. The molecule has 0 heterocycles. The lowest BCUT2D eigenvalue weighted by Crippen LogP contribution is -2.35. The average molecular weight is 187 g/mol. The minimum Gasteiger partial charge on any atom is -0.447 e. The Hall–Kier alpha value is -0.730. The van der Waals surface area contributed by atoms with Crippen molar-refractivity contribution in [2.75, 3.05) is 0 Å². The molecule has 0 aliphatic heterocycles. The lowest BCUT2D eigenvalue weighted by molar-refractivity contribution is 0.112. The van der Waals surface area contributed by atoms with E-state index in [0.717, 1.165) is 6.42 Å². The first-order valence-corrected chi connectivity index (χ1v) is 4.89. The third kappa shape index (κ3) is 7.62. The first-order chi connectivity index (χ1) is 5.91. The molecule has 13 heavy (non-hydrogen) atoms. The van der Waals surface area contributed by atoms with Crippen LogP contribution < -0.4 is 5.32 Å². The smallest absolute Gasteiger partial charge is 0.407 e. The molecule has 1 N–H and O–H groups in total. The van der Waals surface area contributed by atoms with Crippen LogP contribution in [0.3, 0.4) is 0 Å². The summed E-state index contributed by atoms with van der Waals surface area (Å²) in [5.74, 6) is 0.592. The van der Waals surface area contributed by atoms with E-state index in [2.05, 4.69) is 19.2 Å². The van der Waals surface area contributed by atoms with Crippen LogP contribution in [0.2, 0.25) is 0 Å². The number of hydrogen-bond donors (Lipinski definition) is 1. The van der Waals surface area contributed by atoms with E-state index in [9.17, 15) is 4.79 Å². The highest BCUT2D eigenvalue weighted by atomic mass is 16.6. The summed E-state index contributed by atoms with van der Waals surface area (Å²) in [5, 5.41) is 2.78. The zero-order chi connectivity index (χ0) is 10.4. The summed E-state index contributed by atoms with van der Waals surface area (Å²) < 4.78 is 4.95. The van der Waals surface area contributed by atoms with Gasteiger partial charge in [0.2, 0.25) is 0 Å². The fourth-order valence-corrected chi connectivity index (χ4v) is 1.22. The van der Waals surface area contributed by atoms with Crippen LogP contribution >= 0.6 is 0 Å². The van der Waals surface area contributed by atoms with Crippen LogP contribution in [0.4, 0.5) is 4.79 Å². The Morgan fingerprint density at radius 3 is 2.15 bits per heavy atom. The van der Waals surface area contributed by atoms with Crippen molar-refractivity contribution >= 4 is 6.09 Å². The molecule has 3 heteroatoms. The third-order valence-corrected chi connectivity index (χ3v) is 1.53. The van der Waals surface area contributed by atoms with Gasteiger partial charge in [-0.2, -0.15) is 0 Å². The lowest BCUT2D eigenvalue weighted by Gasteiger charge is -2.16. The van der Waals surface area contributed by atoms with Crippen molar-refractivity contribution in [2.45, 2.75) is 53.2 Å². The summed E-state index contributed by atoms with van der Waals surface area (Å²) >= 11 is 0. The maximum atomic E-state index is 11.1. The number of rotatable bonds is 4. The van der Waals surface area contributed by atoms with Crippen LogP contribution in [0.15, 0.2) is 0 Å². The molecule has 1 amide bonds. The Bertz CT molecular complexity index is 155. The second-order valence-corrected chi connectivity index (χ2v) is 4.13. The van der Waals surface area contributed by atoms with Gasteiger partial charge in [0.25, 0.3) is 0 Å². The van der Waals surface area contributed by atoms with Gasteiger partial charge in [0.15, 0.2) is 0 Å². The minimum absolute atomic E-state index is 0.0498. The molecule has 0 aromatic carbocycles. The van der Waals surface area contributed by atoms with Crippen molar-refractivity contribution in [2.24, 2.45) is 5.92 Å². The molecule has 0 bridgehead atoms. The molecule has 0 aliphatic carbocycles. The van der Waals surface area contributed by atoms with Crippen LogP contribution in [-0.2, 0) is 4.74 Å². The monoisotopic (exact) mass is 187 g/mol. The zero-order valence-corrected chi connectivity index (χ0v) is 9.26. The standard InChI is InChI=1S/C10H21NO2/c1-7(2)6-9(5)11-10(12)13-8(3)4/h7-9H,6H2,1-5H3,(H,11,12)/t9-/m1/s1. The van der Waals surface area contributed by atoms with Crippen LogP contribution in [0.5, 0.6) is 0 Å². The highest BCUT2D eigenvalue weighted by Gasteiger charge is 2.10. The van der Waals surface area contributed by atoms with E-state index in [1.165, 1.54) is 0 Å². The van der Waals surface area contributed by atoms with E-state index in [1.807, 2.05) is 20.8 Å². The van der Waals surface area contributed by atoms with Crippen molar-refractivity contribution in [3.63, 3.8) is 0 Å². The van der Waals surface area contributed by atoms with E-state index in [-0.39, 0.29) is 18.2 Å². The molecule has 0 saturated heterocycles. The van der Waals surface area contributed by atoms with E-state index in [4.69, 9.17) is 4.74 Å². The zero-order valence-electron chi connectivity index (χ0n) is 9.26. The summed E-state index contributed by atoms with van der Waals surface area (Å²) in [4.78, 5) is 11.1. The highest BCUT2D eigenvalue weighted by molar-refractivity contribution is 5.67. The lowest BCUT2D eigenvalue weighted by atomic mass is 10.1. The van der Waals surface area contributed by atoms with Gasteiger partial charge in [-0.25, -0.2) is 4.79 Å². The quantitative estimate of drug-likeness (QED) is 0.734. The van der Waals surface area contributed by atoms with Crippen LogP contribution in [-0.4, -0.2) is 18.2 Å². The molecule has 0 unspecified atom stereocenters. The molecule has 0 aromatic rings. The van der Waals surface area contributed by atoms with Gasteiger partial charge >= 0.3 is 6.09 Å². The molecule has 3 nitrogen and oxygen atoms in total. The number of carbonyl (C=O) groups is 1. The van der Waals surface area contributed by atoms with Gasteiger partial charge in [0.05, 0.1) is 6.10 Å². The number of alkyl carbamates (subject to hydrolysis) is 1. The molecule has 78 valence electrons. The molecular weight excluding hydrogens is 166 g/mol. The molecule has 0 radical (unpaired) electrons. The summed E-state index contributed by atoms with van der Waals surface area (Å²) in [6.45, 7) is 9.93. The van der Waals surface area contributed by atoms with Crippen molar-refractivity contribution in [1.29, 1.82) is 0 Å². The van der Waals surface area contributed by atoms with Crippen LogP contribution in [0.25, 0.3) is 0 Å². The number of ether oxygens (including phenoxy) is 1. The summed E-state index contributed by atoms with van der Waals surface area (Å²) in [6, 6.07) is 0.186. The van der Waals surface area contributed by atoms with Gasteiger partial charge in [-0.05, 0) is 33.1 Å². The molecule has 0 spiro atoms. The molecule has 0 saturated carbocycles. The number of carbonyl (C=O) groups excluding carboxylic acids is 1. The van der Waals surface area contributed by atoms with Crippen LogP contribution in [0, 0.1) is 5.92 Å². The van der Waals surface area contributed by atoms with Gasteiger partial charge in [0, 0.05) is 6.04 Å². The van der Waals surface area contributed by atoms with Crippen molar-refractivity contribution in [3.8, 4) is 0 Å². The molecule has 0 aromatic heterocycles. The second kappa shape index (κ2) is 5.84. The predicted molar refractivity (Wildman–Crippen MR) is 53.7 cm³/mol. The minimum atomic E-state index is -0.317. The molecule has 0 rings (SSSR count). The maximum absolute atomic E-state index is 11.1. The van der Waals surface area contributed by atoms with Gasteiger partial charge in [-0.15, -0.1) is 0 Å². The highest BCUT2D eigenvalue weighted by Crippen LogP contribution is 2.04. The Morgan fingerprint density at radius 1 is 1.23 bits per heavy atom. The number of nitrogens with one attached hydrogen (secondary N) is 1. The van der Waals surface area contributed by atoms with Gasteiger partial charge in [-0.3, -0.25) is 0 Å². The van der Waals surface area contributed by atoms with Crippen LogP contribution in [0.1, 0.15) is 41.0 Å². The van der Waals surface area contributed by atoms with E-state index in [1.54, 1.807) is 0 Å². The Kier molecular flexibility index (Phi) is 5.51. The van der Waals surface area contributed by atoms with Gasteiger partial charge < -0.3 is 10.1 Å². The molecule has 0 fully saturated rings. The second-order valence-electron chi connectivity index (χ2n) is 4.13. The normalized spacial score (nSPS) is 13.2. The summed E-state index contributed by atoms with van der Waals surface area (Å²) in [5.41, 5.74) is 0. The third-order valence-electron chi connectivity index (χ3n) is 1.53. The largest absolute Gasteiger partial charge is 0.447 e. The van der Waals surface area contributed by atoms with Gasteiger partial charge in [0.1, 0.15) is 0 Å². The topological polar surface area (TPSA) is 38.3 Å².